The Hall–Kier alpha value is -2.07. The van der Waals surface area contributed by atoms with Crippen LogP contribution < -0.4 is 10.5 Å². The van der Waals surface area contributed by atoms with Crippen molar-refractivity contribution in [2.45, 2.75) is 6.54 Å². The van der Waals surface area contributed by atoms with Gasteiger partial charge in [-0.15, -0.1) is 0 Å². The molecule has 2 rings (SSSR count). The molecule has 2 aromatic rings. The number of rotatable bonds is 4. The van der Waals surface area contributed by atoms with Crippen molar-refractivity contribution in [3.05, 3.63) is 58.9 Å². The first-order valence-corrected chi connectivity index (χ1v) is 6.11. The molecule has 0 aliphatic heterocycles. The molecule has 1 aromatic carbocycles. The minimum absolute atomic E-state index is 0.426. The largest absolute Gasteiger partial charge is 0.497 e. The maximum atomic E-state index is 5.92. The number of nitrogens with two attached hydrogens (primary N) is 1. The fourth-order valence-electron chi connectivity index (χ4n) is 1.52. The second-order valence-corrected chi connectivity index (χ2v) is 4.33. The molecule has 1 aromatic heterocycles. The van der Waals surface area contributed by atoms with Gasteiger partial charge in [0.25, 0.3) is 0 Å². The number of aromatic nitrogens is 1. The molecule has 0 saturated heterocycles. The summed E-state index contributed by atoms with van der Waals surface area (Å²) >= 11 is 5.76. The molecular weight excluding hydrogens is 262 g/mol. The monoisotopic (exact) mass is 275 g/mol. The van der Waals surface area contributed by atoms with Gasteiger partial charge in [0.15, 0.2) is 0 Å². The summed E-state index contributed by atoms with van der Waals surface area (Å²) in [5, 5.41) is 0.607. The SMILES string of the molecule is COc1ccc(C(N)=NCc2ccc(Cl)cn2)cc1. The predicted octanol–water partition coefficient (Wildman–Crippen LogP) is 2.65. The van der Waals surface area contributed by atoms with E-state index in [4.69, 9.17) is 22.1 Å². The average molecular weight is 276 g/mol. The number of benzene rings is 1. The Kier molecular flexibility index (Phi) is 4.36. The summed E-state index contributed by atoms with van der Waals surface area (Å²) in [5.41, 5.74) is 7.60. The predicted molar refractivity (Wildman–Crippen MR) is 76.7 cm³/mol. The Balaban J connectivity index is 2.07. The van der Waals surface area contributed by atoms with Crippen molar-refractivity contribution in [1.29, 1.82) is 0 Å². The fourth-order valence-corrected chi connectivity index (χ4v) is 1.63. The molecule has 0 unspecified atom stereocenters. The molecule has 2 N–H and O–H groups in total. The van der Waals surface area contributed by atoms with Gasteiger partial charge in [0, 0.05) is 11.8 Å². The number of methoxy groups -OCH3 is 1. The normalized spacial score (nSPS) is 11.4. The first-order chi connectivity index (χ1) is 9.19. The van der Waals surface area contributed by atoms with Crippen molar-refractivity contribution >= 4 is 17.4 Å². The maximum absolute atomic E-state index is 5.92. The summed E-state index contributed by atoms with van der Waals surface area (Å²) in [6.07, 6.45) is 1.59. The number of hydrogen-bond donors (Lipinski definition) is 1. The number of amidine groups is 1. The van der Waals surface area contributed by atoms with E-state index in [9.17, 15) is 0 Å². The molecule has 5 heteroatoms. The van der Waals surface area contributed by atoms with Crippen LogP contribution in [0.4, 0.5) is 0 Å². The third kappa shape index (κ3) is 3.69. The van der Waals surface area contributed by atoms with Crippen molar-refractivity contribution in [2.24, 2.45) is 10.7 Å². The highest BCUT2D eigenvalue weighted by Crippen LogP contribution is 2.11. The summed E-state index contributed by atoms with van der Waals surface area (Å²) in [5.74, 6) is 1.26. The minimum Gasteiger partial charge on any atom is -0.497 e. The molecule has 0 aliphatic rings. The van der Waals surface area contributed by atoms with Crippen LogP contribution in [-0.2, 0) is 6.54 Å². The van der Waals surface area contributed by atoms with Gasteiger partial charge in [0.2, 0.25) is 0 Å². The highest BCUT2D eigenvalue weighted by molar-refractivity contribution is 6.30. The zero-order chi connectivity index (χ0) is 13.7. The maximum Gasteiger partial charge on any atom is 0.126 e. The Morgan fingerprint density at radius 3 is 2.58 bits per heavy atom. The van der Waals surface area contributed by atoms with E-state index >= 15 is 0 Å². The summed E-state index contributed by atoms with van der Waals surface area (Å²) in [4.78, 5) is 8.45. The van der Waals surface area contributed by atoms with Crippen LogP contribution in [-0.4, -0.2) is 17.9 Å². The van der Waals surface area contributed by atoms with Crippen molar-refractivity contribution in [2.75, 3.05) is 7.11 Å². The van der Waals surface area contributed by atoms with E-state index in [1.54, 1.807) is 19.4 Å². The summed E-state index contributed by atoms with van der Waals surface area (Å²) < 4.78 is 5.09. The first-order valence-electron chi connectivity index (χ1n) is 5.74. The molecule has 0 atom stereocenters. The van der Waals surface area contributed by atoms with Gasteiger partial charge >= 0.3 is 0 Å². The number of nitrogens with zero attached hydrogens (tertiary/aromatic N) is 2. The van der Waals surface area contributed by atoms with Crippen molar-refractivity contribution in [1.82, 2.24) is 4.98 Å². The molecule has 0 bridgehead atoms. The molecule has 1 heterocycles. The number of hydrogen-bond acceptors (Lipinski definition) is 3. The third-order valence-corrected chi connectivity index (χ3v) is 2.81. The number of halogens is 1. The molecule has 19 heavy (non-hydrogen) atoms. The molecule has 0 aliphatic carbocycles. The summed E-state index contributed by atoms with van der Waals surface area (Å²) in [6.45, 7) is 0.426. The Bertz CT molecular complexity index is 564. The van der Waals surface area contributed by atoms with Gasteiger partial charge in [-0.1, -0.05) is 11.6 Å². The van der Waals surface area contributed by atoms with E-state index in [1.807, 2.05) is 30.3 Å². The van der Waals surface area contributed by atoms with Crippen LogP contribution in [0, 0.1) is 0 Å². The van der Waals surface area contributed by atoms with Crippen molar-refractivity contribution < 1.29 is 4.74 Å². The number of pyridine rings is 1. The van der Waals surface area contributed by atoms with E-state index in [0.717, 1.165) is 17.0 Å². The number of ether oxygens (including phenoxy) is 1. The lowest BCUT2D eigenvalue weighted by Gasteiger charge is -2.03. The van der Waals surface area contributed by atoms with E-state index in [1.165, 1.54) is 0 Å². The van der Waals surface area contributed by atoms with Crippen LogP contribution >= 0.6 is 11.6 Å². The lowest BCUT2D eigenvalue weighted by atomic mass is 10.2. The molecule has 0 saturated carbocycles. The molecule has 0 spiro atoms. The van der Waals surface area contributed by atoms with E-state index in [2.05, 4.69) is 9.98 Å². The Labute approximate surface area is 116 Å². The van der Waals surface area contributed by atoms with Crippen LogP contribution in [0.1, 0.15) is 11.3 Å². The van der Waals surface area contributed by atoms with Gasteiger partial charge in [0.1, 0.15) is 11.6 Å². The lowest BCUT2D eigenvalue weighted by molar-refractivity contribution is 0.415. The third-order valence-electron chi connectivity index (χ3n) is 2.59. The minimum atomic E-state index is 0.426. The Morgan fingerprint density at radius 1 is 1.26 bits per heavy atom. The molecule has 0 amide bonds. The lowest BCUT2D eigenvalue weighted by Crippen LogP contribution is -2.13. The molecule has 4 nitrogen and oxygen atoms in total. The van der Waals surface area contributed by atoms with Gasteiger partial charge < -0.3 is 10.5 Å². The van der Waals surface area contributed by atoms with Crippen LogP contribution in [0.25, 0.3) is 0 Å². The first kappa shape index (κ1) is 13.4. The topological polar surface area (TPSA) is 60.5 Å². The molecule has 98 valence electrons. The number of aliphatic imine (C=N–C) groups is 1. The van der Waals surface area contributed by atoms with Crippen molar-refractivity contribution in [3.63, 3.8) is 0 Å². The molecule has 0 radical (unpaired) electrons. The second kappa shape index (κ2) is 6.20. The van der Waals surface area contributed by atoms with Gasteiger partial charge in [-0.25, -0.2) is 0 Å². The van der Waals surface area contributed by atoms with Crippen LogP contribution in [0.3, 0.4) is 0 Å². The van der Waals surface area contributed by atoms with Gasteiger partial charge in [-0.05, 0) is 36.4 Å². The molecular formula is C14H14ClN3O. The zero-order valence-corrected chi connectivity index (χ0v) is 11.3. The zero-order valence-electron chi connectivity index (χ0n) is 10.5. The summed E-state index contributed by atoms with van der Waals surface area (Å²) in [6, 6.07) is 11.0. The summed E-state index contributed by atoms with van der Waals surface area (Å²) in [7, 11) is 1.62. The highest BCUT2D eigenvalue weighted by atomic mass is 35.5. The quantitative estimate of drug-likeness (QED) is 0.689. The van der Waals surface area contributed by atoms with Crippen LogP contribution in [0.2, 0.25) is 5.02 Å². The van der Waals surface area contributed by atoms with E-state index < -0.39 is 0 Å². The van der Waals surface area contributed by atoms with Crippen LogP contribution in [0.15, 0.2) is 47.6 Å². The average Bonchev–Trinajstić information content (AvgIpc) is 2.46. The second-order valence-electron chi connectivity index (χ2n) is 3.90. The molecule has 0 fully saturated rings. The highest BCUT2D eigenvalue weighted by Gasteiger charge is 1.99. The van der Waals surface area contributed by atoms with E-state index in [-0.39, 0.29) is 0 Å². The fraction of sp³-hybridized carbons (Fsp3) is 0.143. The van der Waals surface area contributed by atoms with Gasteiger partial charge in [-0.3, -0.25) is 9.98 Å². The smallest absolute Gasteiger partial charge is 0.126 e. The van der Waals surface area contributed by atoms with Crippen molar-refractivity contribution in [3.8, 4) is 5.75 Å². The van der Waals surface area contributed by atoms with Gasteiger partial charge in [0.05, 0.1) is 24.4 Å². The van der Waals surface area contributed by atoms with Gasteiger partial charge in [-0.2, -0.15) is 0 Å². The standard InChI is InChI=1S/C14H14ClN3O/c1-19-13-6-2-10(3-7-13)14(16)18-9-12-5-4-11(15)8-17-12/h2-8H,9H2,1H3,(H2,16,18). The van der Waals surface area contributed by atoms with E-state index in [0.29, 0.717) is 17.4 Å². The van der Waals surface area contributed by atoms with Crippen LogP contribution in [0.5, 0.6) is 5.75 Å². The Morgan fingerprint density at radius 2 is 2.00 bits per heavy atom.